The number of anilines is 1. The number of carbonyl (C=O) groups excluding carboxylic acids is 2. The highest BCUT2D eigenvalue weighted by atomic mass is 19.1. The molecule has 0 radical (unpaired) electrons. The highest BCUT2D eigenvalue weighted by Crippen LogP contribution is 2.25. The second-order valence-corrected chi connectivity index (χ2v) is 6.81. The topological polar surface area (TPSA) is 61.4 Å². The van der Waals surface area contributed by atoms with Gasteiger partial charge in [0.05, 0.1) is 16.8 Å². The Morgan fingerprint density at radius 1 is 1.11 bits per heavy atom. The molecule has 142 valence electrons. The van der Waals surface area contributed by atoms with Crippen molar-refractivity contribution in [3.8, 4) is 0 Å². The number of piperidine rings is 1. The lowest BCUT2D eigenvalue weighted by atomic mass is 10.0. The number of likely N-dealkylation sites (tertiary alicyclic amines) is 1. The van der Waals surface area contributed by atoms with Crippen LogP contribution in [0.3, 0.4) is 0 Å². The maximum Gasteiger partial charge on any atom is 0.258 e. The summed E-state index contributed by atoms with van der Waals surface area (Å²) in [7, 11) is 1.89. The molecule has 1 aliphatic heterocycles. The predicted molar refractivity (Wildman–Crippen MR) is 104 cm³/mol. The summed E-state index contributed by atoms with van der Waals surface area (Å²) in [6.45, 7) is 3.13. The first-order valence-corrected chi connectivity index (χ1v) is 9.13. The molecular weight excluding hydrogens is 345 g/mol. The number of nitrogens with one attached hydrogen (secondary N) is 2. The van der Waals surface area contributed by atoms with E-state index in [9.17, 15) is 14.0 Å². The molecule has 1 heterocycles. The van der Waals surface area contributed by atoms with Crippen LogP contribution in [-0.2, 0) is 0 Å². The van der Waals surface area contributed by atoms with E-state index in [0.29, 0.717) is 24.3 Å². The van der Waals surface area contributed by atoms with Crippen LogP contribution >= 0.6 is 0 Å². The molecule has 2 N–H and O–H groups in total. The van der Waals surface area contributed by atoms with E-state index >= 15 is 0 Å². The number of hydrogen-bond donors (Lipinski definition) is 2. The fourth-order valence-electron chi connectivity index (χ4n) is 3.41. The fourth-order valence-corrected chi connectivity index (χ4v) is 3.41. The third kappa shape index (κ3) is 4.17. The van der Waals surface area contributed by atoms with Crippen LogP contribution in [0.4, 0.5) is 10.1 Å². The van der Waals surface area contributed by atoms with E-state index in [1.165, 1.54) is 18.2 Å². The molecule has 0 aliphatic carbocycles. The van der Waals surface area contributed by atoms with Crippen LogP contribution in [0, 0.1) is 12.7 Å². The van der Waals surface area contributed by atoms with E-state index in [1.807, 2.05) is 20.0 Å². The number of carbonyl (C=O) groups is 2. The lowest BCUT2D eigenvalue weighted by Gasteiger charge is -2.33. The van der Waals surface area contributed by atoms with E-state index < -0.39 is 11.7 Å². The largest absolute Gasteiger partial charge is 0.337 e. The van der Waals surface area contributed by atoms with Crippen molar-refractivity contribution in [3.05, 3.63) is 65.0 Å². The van der Waals surface area contributed by atoms with Gasteiger partial charge in [-0.1, -0.05) is 24.3 Å². The number of benzene rings is 2. The summed E-state index contributed by atoms with van der Waals surface area (Å²) in [6.07, 6.45) is 1.96. The maximum atomic E-state index is 13.9. The Labute approximate surface area is 158 Å². The SMILES string of the molecule is CNC1CCCN(C(=O)c2cccc(C)c2NC(=O)c2ccccc2F)C1. The number of likely N-dealkylation sites (N-methyl/N-ethyl adjacent to an activating group) is 1. The van der Waals surface area contributed by atoms with Gasteiger partial charge in [0, 0.05) is 19.1 Å². The minimum atomic E-state index is -0.593. The van der Waals surface area contributed by atoms with Crippen LogP contribution in [0.1, 0.15) is 39.1 Å². The lowest BCUT2D eigenvalue weighted by molar-refractivity contribution is 0.0699. The number of nitrogens with zero attached hydrogens (tertiary/aromatic N) is 1. The number of halogens is 1. The van der Waals surface area contributed by atoms with Crippen LogP contribution in [-0.4, -0.2) is 42.9 Å². The van der Waals surface area contributed by atoms with Gasteiger partial charge in [0.2, 0.25) is 0 Å². The molecule has 6 heteroatoms. The number of amides is 2. The number of hydrogen-bond acceptors (Lipinski definition) is 3. The van der Waals surface area contributed by atoms with Gasteiger partial charge in [-0.25, -0.2) is 4.39 Å². The summed E-state index contributed by atoms with van der Waals surface area (Å²) in [4.78, 5) is 27.4. The minimum Gasteiger partial charge on any atom is -0.337 e. The van der Waals surface area contributed by atoms with E-state index in [4.69, 9.17) is 0 Å². The monoisotopic (exact) mass is 369 g/mol. The van der Waals surface area contributed by atoms with Crippen molar-refractivity contribution in [2.45, 2.75) is 25.8 Å². The molecule has 0 aromatic heterocycles. The molecule has 27 heavy (non-hydrogen) atoms. The Kier molecular flexibility index (Phi) is 5.86. The second-order valence-electron chi connectivity index (χ2n) is 6.81. The van der Waals surface area contributed by atoms with Crippen molar-refractivity contribution in [1.29, 1.82) is 0 Å². The number of para-hydroxylation sites is 1. The van der Waals surface area contributed by atoms with Crippen molar-refractivity contribution < 1.29 is 14.0 Å². The normalized spacial score (nSPS) is 16.9. The molecule has 2 amide bonds. The van der Waals surface area contributed by atoms with Crippen LogP contribution in [0.25, 0.3) is 0 Å². The summed E-state index contributed by atoms with van der Waals surface area (Å²) >= 11 is 0. The maximum absolute atomic E-state index is 13.9. The summed E-state index contributed by atoms with van der Waals surface area (Å²) in [5.74, 6) is -1.28. The molecule has 0 saturated carbocycles. The molecular formula is C21H24FN3O2. The van der Waals surface area contributed by atoms with E-state index in [0.717, 1.165) is 18.4 Å². The van der Waals surface area contributed by atoms with Gasteiger partial charge < -0.3 is 15.5 Å². The molecule has 2 aromatic rings. The first-order chi connectivity index (χ1) is 13.0. The smallest absolute Gasteiger partial charge is 0.258 e. The average molecular weight is 369 g/mol. The molecule has 1 saturated heterocycles. The van der Waals surface area contributed by atoms with Gasteiger partial charge in [-0.15, -0.1) is 0 Å². The van der Waals surface area contributed by atoms with Crippen LogP contribution in [0.5, 0.6) is 0 Å². The molecule has 0 bridgehead atoms. The molecule has 1 unspecified atom stereocenters. The van der Waals surface area contributed by atoms with Crippen molar-refractivity contribution in [2.24, 2.45) is 0 Å². The zero-order valence-corrected chi connectivity index (χ0v) is 15.6. The molecule has 1 aliphatic rings. The fraction of sp³-hybridized carbons (Fsp3) is 0.333. The summed E-state index contributed by atoms with van der Waals surface area (Å²) in [6, 6.07) is 11.4. The predicted octanol–water partition coefficient (Wildman–Crippen LogP) is 3.21. The molecule has 1 fully saturated rings. The average Bonchev–Trinajstić information content (AvgIpc) is 2.69. The highest BCUT2D eigenvalue weighted by molar-refractivity contribution is 6.09. The Morgan fingerprint density at radius 3 is 2.59 bits per heavy atom. The summed E-state index contributed by atoms with van der Waals surface area (Å²) in [5, 5.41) is 5.96. The van der Waals surface area contributed by atoms with Crippen LogP contribution in [0.2, 0.25) is 0 Å². The quantitative estimate of drug-likeness (QED) is 0.870. The van der Waals surface area contributed by atoms with Gasteiger partial charge in [-0.3, -0.25) is 9.59 Å². The molecule has 5 nitrogen and oxygen atoms in total. The van der Waals surface area contributed by atoms with Crippen molar-refractivity contribution in [2.75, 3.05) is 25.5 Å². The Balaban J connectivity index is 1.87. The Bertz CT molecular complexity index is 853. The Morgan fingerprint density at radius 2 is 1.85 bits per heavy atom. The van der Waals surface area contributed by atoms with Crippen LogP contribution < -0.4 is 10.6 Å². The van der Waals surface area contributed by atoms with E-state index in [-0.39, 0.29) is 17.5 Å². The highest BCUT2D eigenvalue weighted by Gasteiger charge is 2.26. The first-order valence-electron chi connectivity index (χ1n) is 9.13. The van der Waals surface area contributed by atoms with Gasteiger partial charge in [0.1, 0.15) is 5.82 Å². The van der Waals surface area contributed by atoms with Crippen molar-refractivity contribution in [1.82, 2.24) is 10.2 Å². The minimum absolute atomic E-state index is 0.0487. The molecule has 1 atom stereocenters. The van der Waals surface area contributed by atoms with E-state index in [1.54, 1.807) is 23.1 Å². The zero-order chi connectivity index (χ0) is 19.4. The molecule has 2 aromatic carbocycles. The lowest BCUT2D eigenvalue weighted by Crippen LogP contribution is -2.47. The summed E-state index contributed by atoms with van der Waals surface area (Å²) in [5.41, 5.74) is 1.57. The first kappa shape index (κ1) is 19.0. The standard InChI is InChI=1S/C21H24FN3O2/c1-14-7-5-10-17(21(27)25-12-6-8-15(13-25)23-2)19(14)24-20(26)16-9-3-4-11-18(16)22/h3-5,7,9-11,15,23H,6,8,12-13H2,1-2H3,(H,24,26). The van der Waals surface area contributed by atoms with Gasteiger partial charge in [-0.2, -0.15) is 0 Å². The van der Waals surface area contributed by atoms with Gasteiger partial charge in [-0.05, 0) is 50.6 Å². The summed E-state index contributed by atoms with van der Waals surface area (Å²) < 4.78 is 13.9. The number of aryl methyl sites for hydroxylation is 1. The zero-order valence-electron chi connectivity index (χ0n) is 15.6. The van der Waals surface area contributed by atoms with Crippen LogP contribution in [0.15, 0.2) is 42.5 Å². The van der Waals surface area contributed by atoms with Crippen molar-refractivity contribution in [3.63, 3.8) is 0 Å². The Hall–Kier alpha value is -2.73. The third-order valence-corrected chi connectivity index (χ3v) is 4.98. The van der Waals surface area contributed by atoms with Gasteiger partial charge in [0.15, 0.2) is 0 Å². The third-order valence-electron chi connectivity index (χ3n) is 4.98. The number of rotatable bonds is 4. The van der Waals surface area contributed by atoms with Crippen molar-refractivity contribution >= 4 is 17.5 Å². The second kappa shape index (κ2) is 8.31. The van der Waals surface area contributed by atoms with Gasteiger partial charge in [0.25, 0.3) is 11.8 Å². The van der Waals surface area contributed by atoms with E-state index in [2.05, 4.69) is 10.6 Å². The molecule has 3 rings (SSSR count). The van der Waals surface area contributed by atoms with Gasteiger partial charge >= 0.3 is 0 Å². The molecule has 0 spiro atoms.